The number of rotatable bonds is 7. The number of hydrogen-bond acceptors (Lipinski definition) is 5. The number of thioether (sulfide) groups is 1. The third-order valence-electron chi connectivity index (χ3n) is 4.01. The molecule has 0 spiro atoms. The molecule has 1 atom stereocenters. The quantitative estimate of drug-likeness (QED) is 0.494. The van der Waals surface area contributed by atoms with Gasteiger partial charge < -0.3 is 10.1 Å². The summed E-state index contributed by atoms with van der Waals surface area (Å²) in [5.41, 5.74) is 1.81. The number of carbonyl (C=O) groups excluding carboxylic acids is 1. The van der Waals surface area contributed by atoms with Gasteiger partial charge in [0.15, 0.2) is 11.0 Å². The Kier molecular flexibility index (Phi) is 6.35. The Balaban J connectivity index is 1.99. The average molecular weight is 392 g/mol. The van der Waals surface area contributed by atoms with Crippen LogP contribution in [0.2, 0.25) is 0 Å². The second kappa shape index (κ2) is 9.11. The second-order valence-corrected chi connectivity index (χ2v) is 7.20. The van der Waals surface area contributed by atoms with E-state index in [0.29, 0.717) is 11.0 Å². The van der Waals surface area contributed by atoms with Gasteiger partial charge in [-0.2, -0.15) is 0 Å². The van der Waals surface area contributed by atoms with Gasteiger partial charge in [0, 0.05) is 11.3 Å². The Hall–Kier alpha value is -3.24. The van der Waals surface area contributed by atoms with Gasteiger partial charge in [-0.3, -0.25) is 9.36 Å². The van der Waals surface area contributed by atoms with Crippen LogP contribution in [0.3, 0.4) is 0 Å². The number of hydrogen-bond donors (Lipinski definition) is 1. The Morgan fingerprint density at radius 1 is 1.21 bits per heavy atom. The highest BCUT2D eigenvalue weighted by atomic mass is 32.2. The van der Waals surface area contributed by atoms with Crippen LogP contribution in [-0.4, -0.2) is 39.6 Å². The first-order valence-electron chi connectivity index (χ1n) is 8.67. The summed E-state index contributed by atoms with van der Waals surface area (Å²) in [7, 11) is 1.63. The van der Waals surface area contributed by atoms with Crippen molar-refractivity contribution < 1.29 is 9.53 Å². The van der Waals surface area contributed by atoms with Crippen LogP contribution in [0.5, 0.6) is 5.75 Å². The van der Waals surface area contributed by atoms with Crippen molar-refractivity contribution in [2.45, 2.75) is 17.3 Å². The minimum Gasteiger partial charge on any atom is -0.497 e. The third-order valence-corrected chi connectivity index (χ3v) is 5.05. The molecule has 3 rings (SSSR count). The van der Waals surface area contributed by atoms with Gasteiger partial charge in [0.05, 0.1) is 18.9 Å². The Labute approximate surface area is 168 Å². The summed E-state index contributed by atoms with van der Waals surface area (Å²) in [5.74, 6) is 3.72. The molecule has 1 aromatic heterocycles. The van der Waals surface area contributed by atoms with Crippen molar-refractivity contribution in [2.75, 3.05) is 13.7 Å². The Morgan fingerprint density at radius 2 is 1.93 bits per heavy atom. The fraction of sp³-hybridized carbons (Fsp3) is 0.190. The number of methoxy groups -OCH3 is 1. The van der Waals surface area contributed by atoms with Gasteiger partial charge in [-0.25, -0.2) is 0 Å². The van der Waals surface area contributed by atoms with E-state index in [1.54, 1.807) is 7.11 Å². The Morgan fingerprint density at radius 3 is 2.57 bits per heavy atom. The number of nitrogens with zero attached hydrogens (tertiary/aromatic N) is 3. The number of ether oxygens (including phenoxy) is 1. The Bertz CT molecular complexity index is 978. The van der Waals surface area contributed by atoms with Gasteiger partial charge in [-0.05, 0) is 31.2 Å². The molecule has 0 radical (unpaired) electrons. The van der Waals surface area contributed by atoms with Crippen molar-refractivity contribution >= 4 is 17.7 Å². The van der Waals surface area contributed by atoms with Gasteiger partial charge in [-0.1, -0.05) is 48.0 Å². The molecule has 0 aliphatic heterocycles. The van der Waals surface area contributed by atoms with Crippen molar-refractivity contribution in [2.24, 2.45) is 0 Å². The molecule has 3 aromatic rings. The van der Waals surface area contributed by atoms with E-state index in [2.05, 4.69) is 21.4 Å². The van der Waals surface area contributed by atoms with Crippen LogP contribution in [0.1, 0.15) is 6.92 Å². The van der Waals surface area contributed by atoms with Crippen molar-refractivity contribution in [3.05, 3.63) is 54.6 Å². The maximum Gasteiger partial charge on any atom is 0.234 e. The van der Waals surface area contributed by atoms with Gasteiger partial charge in [0.1, 0.15) is 5.75 Å². The molecule has 1 heterocycles. The fourth-order valence-corrected chi connectivity index (χ4v) is 3.47. The summed E-state index contributed by atoms with van der Waals surface area (Å²) in [5, 5.41) is 11.7. The molecule has 0 fully saturated rings. The van der Waals surface area contributed by atoms with E-state index in [1.807, 2.05) is 66.1 Å². The first-order chi connectivity index (χ1) is 13.6. The monoisotopic (exact) mass is 392 g/mol. The van der Waals surface area contributed by atoms with E-state index < -0.39 is 0 Å². The first-order valence-corrected chi connectivity index (χ1v) is 9.55. The summed E-state index contributed by atoms with van der Waals surface area (Å²) in [6.07, 6.45) is 5.21. The van der Waals surface area contributed by atoms with Crippen LogP contribution in [0.4, 0.5) is 0 Å². The van der Waals surface area contributed by atoms with E-state index in [4.69, 9.17) is 11.2 Å². The number of carbonyl (C=O) groups is 1. The van der Waals surface area contributed by atoms with Gasteiger partial charge >= 0.3 is 0 Å². The highest BCUT2D eigenvalue weighted by molar-refractivity contribution is 8.00. The lowest BCUT2D eigenvalue weighted by Crippen LogP contribution is -2.31. The number of nitrogens with one attached hydrogen (secondary N) is 1. The lowest BCUT2D eigenvalue weighted by atomic mass is 10.2. The average Bonchev–Trinajstić information content (AvgIpc) is 3.16. The molecule has 0 saturated carbocycles. The van der Waals surface area contributed by atoms with Crippen LogP contribution in [0.25, 0.3) is 17.1 Å². The molecule has 2 aromatic carbocycles. The lowest BCUT2D eigenvalue weighted by Gasteiger charge is -2.13. The predicted octanol–water partition coefficient (Wildman–Crippen LogP) is 3.17. The molecular weight excluding hydrogens is 372 g/mol. The molecule has 1 N–H and O–H groups in total. The van der Waals surface area contributed by atoms with E-state index in [0.717, 1.165) is 17.0 Å². The van der Waals surface area contributed by atoms with Crippen molar-refractivity contribution in [1.82, 2.24) is 20.1 Å². The van der Waals surface area contributed by atoms with Gasteiger partial charge in [0.2, 0.25) is 5.91 Å². The highest BCUT2D eigenvalue weighted by Crippen LogP contribution is 2.30. The molecule has 142 valence electrons. The summed E-state index contributed by atoms with van der Waals surface area (Å²) < 4.78 is 7.19. The van der Waals surface area contributed by atoms with Crippen molar-refractivity contribution in [3.63, 3.8) is 0 Å². The van der Waals surface area contributed by atoms with Crippen molar-refractivity contribution in [1.29, 1.82) is 0 Å². The van der Waals surface area contributed by atoms with Gasteiger partial charge in [0.25, 0.3) is 0 Å². The van der Waals surface area contributed by atoms with E-state index >= 15 is 0 Å². The van der Waals surface area contributed by atoms with Gasteiger partial charge in [-0.15, -0.1) is 16.6 Å². The largest absolute Gasteiger partial charge is 0.497 e. The molecule has 0 aliphatic carbocycles. The molecule has 6 nitrogen and oxygen atoms in total. The maximum absolute atomic E-state index is 12.2. The molecule has 0 aliphatic rings. The SMILES string of the molecule is C#CCNC(=O)C(C)Sc1nnc(-c2ccccc2)n1-c1ccc(OC)cc1. The van der Waals surface area contributed by atoms with Crippen LogP contribution in [0, 0.1) is 12.3 Å². The first kappa shape index (κ1) is 19.5. The topological polar surface area (TPSA) is 69.0 Å². The van der Waals surface area contributed by atoms with Crippen molar-refractivity contribution in [3.8, 4) is 35.2 Å². The molecule has 1 unspecified atom stereocenters. The molecule has 28 heavy (non-hydrogen) atoms. The van der Waals surface area contributed by atoms with Crippen LogP contribution < -0.4 is 10.1 Å². The van der Waals surface area contributed by atoms with E-state index in [-0.39, 0.29) is 17.7 Å². The van der Waals surface area contributed by atoms with Crippen LogP contribution in [0.15, 0.2) is 59.8 Å². The number of terminal acetylenes is 1. The fourth-order valence-electron chi connectivity index (χ4n) is 2.58. The highest BCUT2D eigenvalue weighted by Gasteiger charge is 2.21. The summed E-state index contributed by atoms with van der Waals surface area (Å²) in [6, 6.07) is 17.4. The normalized spacial score (nSPS) is 11.5. The molecule has 0 bridgehead atoms. The number of benzene rings is 2. The number of amides is 1. The third kappa shape index (κ3) is 4.35. The molecule has 7 heteroatoms. The molecule has 1 amide bonds. The minimum absolute atomic E-state index is 0.145. The lowest BCUT2D eigenvalue weighted by molar-refractivity contribution is -0.120. The minimum atomic E-state index is -0.377. The standard InChI is InChI=1S/C21H20N4O2S/c1-4-14-22-20(26)15(2)28-21-24-23-19(16-8-6-5-7-9-16)25(21)17-10-12-18(27-3)13-11-17/h1,5-13,15H,14H2,2-3H3,(H,22,26). The zero-order chi connectivity index (χ0) is 19.9. The van der Waals surface area contributed by atoms with Crippen LogP contribution >= 0.6 is 11.8 Å². The second-order valence-electron chi connectivity index (χ2n) is 5.89. The van der Waals surface area contributed by atoms with E-state index in [9.17, 15) is 4.79 Å². The summed E-state index contributed by atoms with van der Waals surface area (Å²) >= 11 is 1.33. The van der Waals surface area contributed by atoms with E-state index in [1.165, 1.54) is 11.8 Å². The molecular formula is C21H20N4O2S. The number of aromatic nitrogens is 3. The molecule has 0 saturated heterocycles. The van der Waals surface area contributed by atoms with Crippen LogP contribution in [-0.2, 0) is 4.79 Å². The zero-order valence-electron chi connectivity index (χ0n) is 15.6. The maximum atomic E-state index is 12.2. The predicted molar refractivity (Wildman–Crippen MR) is 111 cm³/mol. The smallest absolute Gasteiger partial charge is 0.234 e. The zero-order valence-corrected chi connectivity index (χ0v) is 16.4. The summed E-state index contributed by atoms with van der Waals surface area (Å²) in [4.78, 5) is 12.2. The summed E-state index contributed by atoms with van der Waals surface area (Å²) in [6.45, 7) is 2.01.